The molecule has 80 valence electrons. The number of Topliss-reactive ketones (excluding diaryl/α,β-unsaturated/α-hetero) is 1. The summed E-state index contributed by atoms with van der Waals surface area (Å²) in [4.78, 5) is 11.6. The lowest BCUT2D eigenvalue weighted by molar-refractivity contribution is 0.0989. The molecule has 0 amide bonds. The Morgan fingerprint density at radius 3 is 2.67 bits per heavy atom. The minimum atomic E-state index is -0.280. The summed E-state index contributed by atoms with van der Waals surface area (Å²) < 4.78 is 10.4. The van der Waals surface area contributed by atoms with Gasteiger partial charge >= 0.3 is 0 Å². The van der Waals surface area contributed by atoms with E-state index in [2.05, 4.69) is 0 Å². The molecule has 0 aromatic heterocycles. The lowest BCUT2D eigenvalue weighted by atomic mass is 10.1. The summed E-state index contributed by atoms with van der Waals surface area (Å²) in [7, 11) is 3.11. The minimum Gasteiger partial charge on any atom is -0.493 e. The van der Waals surface area contributed by atoms with Gasteiger partial charge < -0.3 is 15.2 Å². The van der Waals surface area contributed by atoms with Crippen molar-refractivity contribution in [2.75, 3.05) is 14.2 Å². The van der Waals surface area contributed by atoms with E-state index in [4.69, 9.17) is 15.2 Å². The molecule has 1 aromatic rings. The fourth-order valence-corrected chi connectivity index (χ4v) is 1.97. The number of hydrogen-bond donors (Lipinski definition) is 1. The Labute approximate surface area is 88.0 Å². The second-order valence-electron chi connectivity index (χ2n) is 3.50. The zero-order valence-corrected chi connectivity index (χ0v) is 8.74. The number of nitrogens with two attached hydrogens (primary N) is 1. The topological polar surface area (TPSA) is 61.6 Å². The third-order valence-electron chi connectivity index (χ3n) is 2.66. The molecule has 4 nitrogen and oxygen atoms in total. The maximum absolute atomic E-state index is 11.6. The molecule has 0 heterocycles. The molecule has 2 rings (SSSR count). The molecular formula is C11H13NO3. The van der Waals surface area contributed by atoms with Crippen LogP contribution in [0.2, 0.25) is 0 Å². The van der Waals surface area contributed by atoms with Crippen LogP contribution >= 0.6 is 0 Å². The van der Waals surface area contributed by atoms with Gasteiger partial charge in [-0.15, -0.1) is 0 Å². The average molecular weight is 207 g/mol. The second-order valence-corrected chi connectivity index (χ2v) is 3.50. The van der Waals surface area contributed by atoms with E-state index in [9.17, 15) is 4.79 Å². The van der Waals surface area contributed by atoms with Crippen LogP contribution in [0.4, 0.5) is 0 Å². The van der Waals surface area contributed by atoms with E-state index in [0.717, 1.165) is 5.56 Å². The predicted octanol–water partition coefficient (Wildman–Crippen LogP) is 1.29. The maximum Gasteiger partial charge on any atom is 0.166 e. The van der Waals surface area contributed by atoms with Crippen molar-refractivity contribution in [1.82, 2.24) is 0 Å². The van der Waals surface area contributed by atoms with E-state index in [1.807, 2.05) is 0 Å². The first-order valence-electron chi connectivity index (χ1n) is 4.72. The van der Waals surface area contributed by atoms with E-state index in [1.54, 1.807) is 26.4 Å². The SMILES string of the molecule is COc1ccc2c(c1OC)C(N)CC2=O. The van der Waals surface area contributed by atoms with Crippen LogP contribution in [0.15, 0.2) is 12.1 Å². The maximum atomic E-state index is 11.6. The first kappa shape index (κ1) is 9.98. The highest BCUT2D eigenvalue weighted by Crippen LogP contribution is 2.41. The van der Waals surface area contributed by atoms with Gasteiger partial charge in [-0.2, -0.15) is 0 Å². The molecule has 0 fully saturated rings. The van der Waals surface area contributed by atoms with Crippen molar-refractivity contribution in [2.24, 2.45) is 5.73 Å². The van der Waals surface area contributed by atoms with Gasteiger partial charge in [0.15, 0.2) is 17.3 Å². The third kappa shape index (κ3) is 1.37. The number of ketones is 1. The van der Waals surface area contributed by atoms with Crippen molar-refractivity contribution >= 4 is 5.78 Å². The van der Waals surface area contributed by atoms with Crippen molar-refractivity contribution in [1.29, 1.82) is 0 Å². The molecule has 2 N–H and O–H groups in total. The largest absolute Gasteiger partial charge is 0.493 e. The number of methoxy groups -OCH3 is 2. The Balaban J connectivity index is 2.65. The van der Waals surface area contributed by atoms with Gasteiger partial charge in [-0.1, -0.05) is 0 Å². The van der Waals surface area contributed by atoms with Crippen LogP contribution < -0.4 is 15.2 Å². The first-order valence-corrected chi connectivity index (χ1v) is 4.72. The summed E-state index contributed by atoms with van der Waals surface area (Å²) >= 11 is 0. The molecule has 4 heteroatoms. The van der Waals surface area contributed by atoms with Gasteiger partial charge in [0.05, 0.1) is 14.2 Å². The Hall–Kier alpha value is -1.55. The van der Waals surface area contributed by atoms with Gasteiger partial charge in [0.2, 0.25) is 0 Å². The molecular weight excluding hydrogens is 194 g/mol. The quantitative estimate of drug-likeness (QED) is 0.793. The predicted molar refractivity (Wildman–Crippen MR) is 55.4 cm³/mol. The van der Waals surface area contributed by atoms with Crippen LogP contribution in [0.25, 0.3) is 0 Å². The van der Waals surface area contributed by atoms with Gasteiger partial charge in [0, 0.05) is 23.6 Å². The number of carbonyl (C=O) groups is 1. The Bertz CT molecular complexity index is 415. The van der Waals surface area contributed by atoms with Crippen LogP contribution in [0, 0.1) is 0 Å². The van der Waals surface area contributed by atoms with E-state index in [-0.39, 0.29) is 11.8 Å². The fraction of sp³-hybridized carbons (Fsp3) is 0.364. The van der Waals surface area contributed by atoms with Crippen molar-refractivity contribution in [2.45, 2.75) is 12.5 Å². The average Bonchev–Trinajstić information content (AvgIpc) is 2.53. The van der Waals surface area contributed by atoms with Crippen LogP contribution in [0.1, 0.15) is 28.4 Å². The summed E-state index contributed by atoms with van der Waals surface area (Å²) in [5.41, 5.74) is 7.30. The van der Waals surface area contributed by atoms with Crippen LogP contribution in [0.5, 0.6) is 11.5 Å². The highest BCUT2D eigenvalue weighted by Gasteiger charge is 2.31. The second kappa shape index (κ2) is 3.55. The van der Waals surface area contributed by atoms with Crippen LogP contribution in [-0.4, -0.2) is 20.0 Å². The molecule has 1 aliphatic rings. The van der Waals surface area contributed by atoms with Crippen LogP contribution in [0.3, 0.4) is 0 Å². The van der Waals surface area contributed by atoms with E-state index in [1.165, 1.54) is 0 Å². The number of fused-ring (bicyclic) bond motifs is 1. The number of ether oxygens (including phenoxy) is 2. The number of carbonyl (C=O) groups excluding carboxylic acids is 1. The third-order valence-corrected chi connectivity index (χ3v) is 2.66. The number of hydrogen-bond acceptors (Lipinski definition) is 4. The van der Waals surface area contributed by atoms with Crippen molar-refractivity contribution < 1.29 is 14.3 Å². The normalized spacial score (nSPS) is 18.9. The monoisotopic (exact) mass is 207 g/mol. The molecule has 0 aliphatic heterocycles. The summed E-state index contributed by atoms with van der Waals surface area (Å²) in [6.45, 7) is 0. The van der Waals surface area contributed by atoms with E-state index >= 15 is 0 Å². The van der Waals surface area contributed by atoms with E-state index < -0.39 is 0 Å². The molecule has 0 bridgehead atoms. The van der Waals surface area contributed by atoms with Crippen molar-refractivity contribution in [3.63, 3.8) is 0 Å². The minimum absolute atomic E-state index is 0.0680. The van der Waals surface area contributed by atoms with Crippen molar-refractivity contribution in [3.05, 3.63) is 23.3 Å². The summed E-state index contributed by atoms with van der Waals surface area (Å²) in [5, 5.41) is 0. The zero-order chi connectivity index (χ0) is 11.0. The fourth-order valence-electron chi connectivity index (χ4n) is 1.97. The lowest BCUT2D eigenvalue weighted by Gasteiger charge is -2.13. The molecule has 1 aliphatic carbocycles. The molecule has 0 saturated carbocycles. The molecule has 0 radical (unpaired) electrons. The van der Waals surface area contributed by atoms with Crippen molar-refractivity contribution in [3.8, 4) is 11.5 Å². The molecule has 0 spiro atoms. The van der Waals surface area contributed by atoms with Gasteiger partial charge in [0.1, 0.15) is 0 Å². The molecule has 0 saturated heterocycles. The van der Waals surface area contributed by atoms with Gasteiger partial charge in [-0.25, -0.2) is 0 Å². The number of benzene rings is 1. The Morgan fingerprint density at radius 1 is 1.33 bits per heavy atom. The number of rotatable bonds is 2. The highest BCUT2D eigenvalue weighted by atomic mass is 16.5. The molecule has 1 atom stereocenters. The van der Waals surface area contributed by atoms with Gasteiger partial charge in [0.25, 0.3) is 0 Å². The van der Waals surface area contributed by atoms with Crippen LogP contribution in [-0.2, 0) is 0 Å². The zero-order valence-electron chi connectivity index (χ0n) is 8.74. The van der Waals surface area contributed by atoms with E-state index in [0.29, 0.717) is 23.5 Å². The molecule has 1 unspecified atom stereocenters. The summed E-state index contributed by atoms with van der Waals surface area (Å²) in [6.07, 6.45) is 0.346. The molecule has 15 heavy (non-hydrogen) atoms. The lowest BCUT2D eigenvalue weighted by Crippen LogP contribution is -2.08. The van der Waals surface area contributed by atoms with Gasteiger partial charge in [-0.3, -0.25) is 4.79 Å². The summed E-state index contributed by atoms with van der Waals surface area (Å²) in [6, 6.07) is 3.19. The van der Waals surface area contributed by atoms with Gasteiger partial charge in [-0.05, 0) is 12.1 Å². The Morgan fingerprint density at radius 2 is 2.07 bits per heavy atom. The smallest absolute Gasteiger partial charge is 0.166 e. The summed E-state index contributed by atoms with van der Waals surface area (Å²) in [5.74, 6) is 1.26. The first-order chi connectivity index (χ1) is 7.19. The molecule has 1 aromatic carbocycles. The highest BCUT2D eigenvalue weighted by molar-refractivity contribution is 6.02. The Kier molecular flexibility index (Phi) is 2.36. The standard InChI is InChI=1S/C11H13NO3/c1-14-9-4-3-6-8(13)5-7(12)10(6)11(9)15-2/h3-4,7H,5,12H2,1-2H3.